The van der Waals surface area contributed by atoms with Gasteiger partial charge in [-0.3, -0.25) is 28.8 Å². The van der Waals surface area contributed by atoms with Crippen LogP contribution in [0.1, 0.15) is 42.5 Å². The molecule has 294 valence electrons. The number of hydrogen-bond donors (Lipinski definition) is 12. The zero-order valence-corrected chi connectivity index (χ0v) is 29.6. The molecule has 4 rings (SSSR count). The number of amides is 6. The standard InChI is InChI=1S/C32H43N15O8/c1-16(33)27(49)43-21(2-3-26(34)48)28(50)44-22(4-17-8-35-12-39-17)29(51)45-23(5-18-9-36-13-40-18)30(52)46-24(6-19-10-37-14-41-19)31(53)47-25(32(54)55)7-20-11-38-15-42-20/h8-16,21-25H,2-7,33H2,1H3,(H2,34,48)(H,35,39)(H,36,40)(H,37,41)(H,38,42)(H,43,49)(H,44,50)(H,45,51)(H,46,52)(H,47,53)(H,54,55)/t16-,21-,22-,23-,24-,25-/m0/s1. The van der Waals surface area contributed by atoms with Crippen molar-refractivity contribution < 1.29 is 38.7 Å². The number of H-pyrrole nitrogens is 4. The first-order valence-electron chi connectivity index (χ1n) is 17.0. The average Bonchev–Trinajstić information content (AvgIpc) is 3.98. The number of carbonyl (C=O) groups excluding carboxylic acids is 6. The molecule has 0 saturated heterocycles. The van der Waals surface area contributed by atoms with Crippen LogP contribution in [0, 0.1) is 0 Å². The predicted octanol–water partition coefficient (Wildman–Crippen LogP) is -4.03. The summed E-state index contributed by atoms with van der Waals surface area (Å²) in [6.45, 7) is 1.40. The summed E-state index contributed by atoms with van der Waals surface area (Å²) < 4.78 is 0. The quantitative estimate of drug-likeness (QED) is 0.0363. The van der Waals surface area contributed by atoms with E-state index in [9.17, 15) is 38.7 Å². The highest BCUT2D eigenvalue weighted by atomic mass is 16.4. The van der Waals surface area contributed by atoms with Crippen molar-refractivity contribution in [3.05, 3.63) is 72.9 Å². The number of hydrogen-bond acceptors (Lipinski definition) is 12. The van der Waals surface area contributed by atoms with Crippen molar-refractivity contribution in [2.45, 2.75) is 81.7 Å². The second kappa shape index (κ2) is 19.8. The Labute approximate surface area is 312 Å². The van der Waals surface area contributed by atoms with Crippen LogP contribution >= 0.6 is 0 Å². The van der Waals surface area contributed by atoms with Crippen LogP contribution in [0.5, 0.6) is 0 Å². The molecule has 0 bridgehead atoms. The van der Waals surface area contributed by atoms with Crippen LogP contribution in [-0.2, 0) is 59.2 Å². The Morgan fingerprint density at radius 1 is 0.564 bits per heavy atom. The summed E-state index contributed by atoms with van der Waals surface area (Å²) in [5.74, 6) is -6.15. The SMILES string of the molecule is C[C@H](N)C(=O)N[C@@H](CCC(N)=O)C(=O)N[C@@H](Cc1cnc[nH]1)C(=O)N[C@@H](Cc1cnc[nH]1)C(=O)N[C@@H](Cc1cnc[nH]1)C(=O)N[C@@H](Cc1cnc[nH]1)C(=O)O. The molecule has 4 aromatic heterocycles. The van der Waals surface area contributed by atoms with Gasteiger partial charge in [-0.15, -0.1) is 0 Å². The maximum atomic E-state index is 14.0. The van der Waals surface area contributed by atoms with Crippen LogP contribution in [0.3, 0.4) is 0 Å². The second-order valence-electron chi connectivity index (χ2n) is 12.6. The number of aliphatic carboxylic acids is 1. The zero-order valence-electron chi connectivity index (χ0n) is 29.6. The van der Waals surface area contributed by atoms with Gasteiger partial charge in [-0.25, -0.2) is 24.7 Å². The average molecular weight is 766 g/mol. The lowest BCUT2D eigenvalue weighted by Gasteiger charge is -2.27. The number of carboxylic acids is 1. The van der Waals surface area contributed by atoms with E-state index < -0.39 is 77.7 Å². The Morgan fingerprint density at radius 3 is 1.16 bits per heavy atom. The molecule has 0 aromatic carbocycles. The molecule has 23 heteroatoms. The van der Waals surface area contributed by atoms with Crippen molar-refractivity contribution in [1.29, 1.82) is 0 Å². The normalized spacial score (nSPS) is 14.3. The molecule has 23 nitrogen and oxygen atoms in total. The fourth-order valence-electron chi connectivity index (χ4n) is 5.24. The highest BCUT2D eigenvalue weighted by molar-refractivity contribution is 5.96. The largest absolute Gasteiger partial charge is 0.480 e. The molecular weight excluding hydrogens is 722 g/mol. The van der Waals surface area contributed by atoms with Gasteiger partial charge < -0.3 is 63.1 Å². The minimum Gasteiger partial charge on any atom is -0.480 e. The molecule has 4 heterocycles. The third kappa shape index (κ3) is 12.9. The summed E-state index contributed by atoms with van der Waals surface area (Å²) in [7, 11) is 0. The van der Waals surface area contributed by atoms with Gasteiger partial charge in [0, 0.05) is 79.7 Å². The first-order valence-corrected chi connectivity index (χ1v) is 17.0. The van der Waals surface area contributed by atoms with Crippen LogP contribution < -0.4 is 38.1 Å². The smallest absolute Gasteiger partial charge is 0.326 e. The molecule has 55 heavy (non-hydrogen) atoms. The number of nitrogens with two attached hydrogens (primary N) is 2. The first kappa shape index (κ1) is 40.9. The molecule has 0 aliphatic heterocycles. The number of imidazole rings is 4. The van der Waals surface area contributed by atoms with Gasteiger partial charge in [0.2, 0.25) is 35.4 Å². The van der Waals surface area contributed by atoms with Gasteiger partial charge in [0.15, 0.2) is 0 Å². The lowest BCUT2D eigenvalue weighted by atomic mass is 10.0. The summed E-state index contributed by atoms with van der Waals surface area (Å²) in [5.41, 5.74) is 12.6. The fraction of sp³-hybridized carbons (Fsp3) is 0.406. The Kier molecular flexibility index (Phi) is 14.7. The van der Waals surface area contributed by atoms with Gasteiger partial charge in [0.1, 0.15) is 30.2 Å². The molecule has 6 atom stereocenters. The number of rotatable bonds is 22. The number of aromatic nitrogens is 8. The van der Waals surface area contributed by atoms with E-state index in [-0.39, 0.29) is 38.5 Å². The molecular formula is C32H43N15O8. The molecule has 0 unspecified atom stereocenters. The van der Waals surface area contributed by atoms with E-state index in [2.05, 4.69) is 66.5 Å². The summed E-state index contributed by atoms with van der Waals surface area (Å²) in [4.78, 5) is 118. The van der Waals surface area contributed by atoms with Gasteiger partial charge in [0.25, 0.3) is 0 Å². The lowest BCUT2D eigenvalue weighted by molar-refractivity contribution is -0.142. The maximum absolute atomic E-state index is 14.0. The van der Waals surface area contributed by atoms with Crippen LogP contribution in [-0.4, -0.2) is 123 Å². The Hall–Kier alpha value is -6.91. The summed E-state index contributed by atoms with van der Waals surface area (Å²) in [5, 5.41) is 22.5. The van der Waals surface area contributed by atoms with E-state index in [1.807, 2.05) is 0 Å². The van der Waals surface area contributed by atoms with Gasteiger partial charge in [0.05, 0.1) is 31.4 Å². The minimum absolute atomic E-state index is 0.133. The molecule has 0 aliphatic carbocycles. The van der Waals surface area contributed by atoms with Crippen LogP contribution in [0.15, 0.2) is 50.1 Å². The molecule has 14 N–H and O–H groups in total. The van der Waals surface area contributed by atoms with Gasteiger partial charge in [-0.2, -0.15) is 0 Å². The Morgan fingerprint density at radius 2 is 0.873 bits per heavy atom. The van der Waals surface area contributed by atoms with E-state index in [0.29, 0.717) is 22.8 Å². The number of primary amides is 1. The monoisotopic (exact) mass is 765 g/mol. The van der Waals surface area contributed by atoms with E-state index in [4.69, 9.17) is 11.5 Å². The van der Waals surface area contributed by atoms with Crippen LogP contribution in [0.4, 0.5) is 0 Å². The van der Waals surface area contributed by atoms with Gasteiger partial charge in [-0.05, 0) is 13.3 Å². The van der Waals surface area contributed by atoms with Gasteiger partial charge in [-0.1, -0.05) is 0 Å². The molecule has 6 amide bonds. The second-order valence-corrected chi connectivity index (χ2v) is 12.6. The van der Waals surface area contributed by atoms with E-state index in [1.54, 1.807) is 0 Å². The van der Waals surface area contributed by atoms with E-state index >= 15 is 0 Å². The highest BCUT2D eigenvalue weighted by Gasteiger charge is 2.34. The number of aromatic amines is 4. The van der Waals surface area contributed by atoms with Crippen molar-refractivity contribution in [1.82, 2.24) is 66.5 Å². The molecule has 0 saturated carbocycles. The lowest BCUT2D eigenvalue weighted by Crippen LogP contribution is -2.60. The maximum Gasteiger partial charge on any atom is 0.326 e. The van der Waals surface area contributed by atoms with Crippen molar-refractivity contribution in [2.75, 3.05) is 0 Å². The summed E-state index contributed by atoms with van der Waals surface area (Å²) >= 11 is 0. The molecule has 4 aromatic rings. The zero-order chi connectivity index (χ0) is 39.9. The fourth-order valence-corrected chi connectivity index (χ4v) is 5.24. The number of nitrogens with one attached hydrogen (secondary N) is 9. The predicted molar refractivity (Wildman–Crippen MR) is 189 cm³/mol. The number of carbonyl (C=O) groups is 7. The van der Waals surface area contributed by atoms with Crippen molar-refractivity contribution in [3.63, 3.8) is 0 Å². The topological polar surface area (TPSA) is 367 Å². The third-order valence-corrected chi connectivity index (χ3v) is 8.16. The van der Waals surface area contributed by atoms with E-state index in [1.165, 1.54) is 57.0 Å². The number of carboxylic acid groups (broad SMARTS) is 1. The van der Waals surface area contributed by atoms with Crippen molar-refractivity contribution in [3.8, 4) is 0 Å². The number of nitrogens with zero attached hydrogens (tertiary/aromatic N) is 4. The minimum atomic E-state index is -1.40. The third-order valence-electron chi connectivity index (χ3n) is 8.16. The Bertz CT molecular complexity index is 1860. The highest BCUT2D eigenvalue weighted by Crippen LogP contribution is 2.08. The first-order chi connectivity index (χ1) is 26.3. The molecule has 0 radical (unpaired) electrons. The Balaban J connectivity index is 1.58. The van der Waals surface area contributed by atoms with E-state index in [0.717, 1.165) is 0 Å². The summed E-state index contributed by atoms with van der Waals surface area (Å²) in [6.07, 6.45) is 10.0. The molecule has 0 fully saturated rings. The molecule has 0 spiro atoms. The van der Waals surface area contributed by atoms with Crippen LogP contribution in [0.2, 0.25) is 0 Å². The van der Waals surface area contributed by atoms with Crippen molar-refractivity contribution >= 4 is 41.4 Å². The molecule has 0 aliphatic rings. The summed E-state index contributed by atoms with van der Waals surface area (Å²) in [6, 6.07) is -7.84. The van der Waals surface area contributed by atoms with Gasteiger partial charge >= 0.3 is 5.97 Å². The van der Waals surface area contributed by atoms with Crippen molar-refractivity contribution in [2.24, 2.45) is 11.5 Å². The van der Waals surface area contributed by atoms with Crippen LogP contribution in [0.25, 0.3) is 0 Å².